The molecule has 0 aliphatic carbocycles. The molecule has 0 aliphatic rings. The number of carbonyl (C=O) groups excluding carboxylic acids is 1. The predicted octanol–water partition coefficient (Wildman–Crippen LogP) is 0.887. The van der Waals surface area contributed by atoms with Gasteiger partial charge in [-0.15, -0.1) is 0 Å². The lowest BCUT2D eigenvalue weighted by molar-refractivity contribution is -0.169. The summed E-state index contributed by atoms with van der Waals surface area (Å²) in [6, 6.07) is 1.73. The Hall–Kier alpha value is -1.83. The Morgan fingerprint density at radius 1 is 1.50 bits per heavy atom. The van der Waals surface area contributed by atoms with E-state index < -0.39 is 29.8 Å². The van der Waals surface area contributed by atoms with Crippen molar-refractivity contribution in [3.8, 4) is 0 Å². The smallest absolute Gasteiger partial charge is 0.306 e. The Kier molecular flexibility index (Phi) is 4.12. The van der Waals surface area contributed by atoms with Crippen LogP contribution in [0.25, 0.3) is 0 Å². The Bertz CT molecular complexity index is 496. The van der Waals surface area contributed by atoms with E-state index in [-0.39, 0.29) is 0 Å². The van der Waals surface area contributed by atoms with Crippen LogP contribution in [0.15, 0.2) is 23.1 Å². The highest BCUT2D eigenvalue weighted by Crippen LogP contribution is 2.25. The van der Waals surface area contributed by atoms with Crippen molar-refractivity contribution in [3.05, 3.63) is 34.2 Å². The standard InChI is InChI=1S/C10H11F3N2O3/c1-14(18-2)8(16)6-15-5-3-4-7(9(15)17)10(11,12)13/h3-5H,6H2,1-2H3. The minimum Gasteiger partial charge on any atom is -0.306 e. The van der Waals surface area contributed by atoms with Crippen LogP contribution in [0.3, 0.4) is 0 Å². The van der Waals surface area contributed by atoms with E-state index in [0.29, 0.717) is 10.6 Å². The number of hydrogen-bond donors (Lipinski definition) is 0. The normalized spacial score (nSPS) is 11.4. The lowest BCUT2D eigenvalue weighted by atomic mass is 10.2. The van der Waals surface area contributed by atoms with Crippen LogP contribution in [0.2, 0.25) is 0 Å². The third-order valence-corrected chi connectivity index (χ3v) is 2.26. The molecule has 0 saturated heterocycles. The zero-order valence-corrected chi connectivity index (χ0v) is 9.69. The van der Waals surface area contributed by atoms with Crippen molar-refractivity contribution in [1.29, 1.82) is 0 Å². The first-order valence-corrected chi connectivity index (χ1v) is 4.84. The fourth-order valence-corrected chi connectivity index (χ4v) is 1.22. The lowest BCUT2D eigenvalue weighted by Gasteiger charge is -2.15. The molecule has 0 bridgehead atoms. The summed E-state index contributed by atoms with van der Waals surface area (Å²) in [4.78, 5) is 27.5. The maximum atomic E-state index is 12.5. The number of aromatic nitrogens is 1. The molecule has 0 saturated carbocycles. The Morgan fingerprint density at radius 3 is 2.61 bits per heavy atom. The molecular weight excluding hydrogens is 253 g/mol. The summed E-state index contributed by atoms with van der Waals surface area (Å²) in [5.41, 5.74) is -2.57. The number of halogens is 3. The number of likely N-dealkylation sites (N-methyl/N-ethyl adjacent to an activating group) is 1. The SMILES string of the molecule is CON(C)C(=O)Cn1cccc(C(F)(F)F)c1=O. The summed E-state index contributed by atoms with van der Waals surface area (Å²) < 4.78 is 38.1. The van der Waals surface area contributed by atoms with Crippen molar-refractivity contribution < 1.29 is 22.8 Å². The highest BCUT2D eigenvalue weighted by Gasteiger charge is 2.34. The molecule has 1 aromatic heterocycles. The topological polar surface area (TPSA) is 51.5 Å². The number of nitrogens with zero attached hydrogens (tertiary/aromatic N) is 2. The second kappa shape index (κ2) is 5.21. The molecule has 0 aromatic carbocycles. The van der Waals surface area contributed by atoms with Gasteiger partial charge in [-0.1, -0.05) is 0 Å². The van der Waals surface area contributed by atoms with Crippen molar-refractivity contribution in [2.75, 3.05) is 14.2 Å². The van der Waals surface area contributed by atoms with Crippen LogP contribution < -0.4 is 5.56 Å². The monoisotopic (exact) mass is 264 g/mol. The van der Waals surface area contributed by atoms with Gasteiger partial charge in [-0.2, -0.15) is 13.2 Å². The molecule has 5 nitrogen and oxygen atoms in total. The Balaban J connectivity index is 3.06. The van der Waals surface area contributed by atoms with Gasteiger partial charge in [-0.25, -0.2) is 5.06 Å². The molecule has 1 rings (SSSR count). The van der Waals surface area contributed by atoms with Crippen LogP contribution in [0.1, 0.15) is 5.56 Å². The van der Waals surface area contributed by atoms with Gasteiger partial charge in [0, 0.05) is 13.2 Å². The van der Waals surface area contributed by atoms with Crippen molar-refractivity contribution in [2.45, 2.75) is 12.7 Å². The van der Waals surface area contributed by atoms with Gasteiger partial charge in [0.15, 0.2) is 0 Å². The number of rotatable bonds is 3. The average molecular weight is 264 g/mol. The third kappa shape index (κ3) is 3.10. The first-order chi connectivity index (χ1) is 8.27. The summed E-state index contributed by atoms with van der Waals surface area (Å²) in [6.45, 7) is -0.521. The fraction of sp³-hybridized carbons (Fsp3) is 0.400. The fourth-order valence-electron chi connectivity index (χ4n) is 1.22. The predicted molar refractivity (Wildman–Crippen MR) is 55.5 cm³/mol. The number of hydroxylamine groups is 2. The van der Waals surface area contributed by atoms with E-state index in [1.165, 1.54) is 14.2 Å². The van der Waals surface area contributed by atoms with Gasteiger partial charge < -0.3 is 4.57 Å². The summed E-state index contributed by atoms with van der Waals surface area (Å²) in [6.07, 6.45) is -3.63. The summed E-state index contributed by atoms with van der Waals surface area (Å²) in [7, 11) is 2.52. The van der Waals surface area contributed by atoms with Crippen LogP contribution in [-0.2, 0) is 22.4 Å². The van der Waals surface area contributed by atoms with Gasteiger partial charge in [-0.3, -0.25) is 14.4 Å². The third-order valence-electron chi connectivity index (χ3n) is 2.26. The van der Waals surface area contributed by atoms with Crippen molar-refractivity contribution >= 4 is 5.91 Å². The van der Waals surface area contributed by atoms with Crippen LogP contribution in [0.5, 0.6) is 0 Å². The summed E-state index contributed by atoms with van der Waals surface area (Å²) in [5.74, 6) is -0.640. The van der Waals surface area contributed by atoms with Crippen LogP contribution in [0, 0.1) is 0 Å². The number of alkyl halides is 3. The molecule has 0 unspecified atom stereocenters. The molecule has 0 radical (unpaired) electrons. The zero-order valence-electron chi connectivity index (χ0n) is 9.69. The molecule has 0 spiro atoms. The molecule has 0 aliphatic heterocycles. The maximum Gasteiger partial charge on any atom is 0.421 e. The first-order valence-electron chi connectivity index (χ1n) is 4.84. The average Bonchev–Trinajstić information content (AvgIpc) is 2.29. The van der Waals surface area contributed by atoms with Crippen LogP contribution in [-0.4, -0.2) is 29.7 Å². The molecule has 0 atom stereocenters. The second-order valence-corrected chi connectivity index (χ2v) is 3.43. The van der Waals surface area contributed by atoms with E-state index in [0.717, 1.165) is 17.3 Å². The molecule has 1 aromatic rings. The van der Waals surface area contributed by atoms with Gasteiger partial charge in [0.1, 0.15) is 12.1 Å². The maximum absolute atomic E-state index is 12.5. The van der Waals surface area contributed by atoms with Gasteiger partial charge in [0.2, 0.25) is 0 Å². The van der Waals surface area contributed by atoms with Gasteiger partial charge in [-0.05, 0) is 12.1 Å². The molecule has 8 heteroatoms. The highest BCUT2D eigenvalue weighted by atomic mass is 19.4. The zero-order chi connectivity index (χ0) is 13.9. The van der Waals surface area contributed by atoms with E-state index in [1.807, 2.05) is 0 Å². The van der Waals surface area contributed by atoms with E-state index in [2.05, 4.69) is 4.84 Å². The molecule has 18 heavy (non-hydrogen) atoms. The van der Waals surface area contributed by atoms with E-state index >= 15 is 0 Å². The van der Waals surface area contributed by atoms with Crippen molar-refractivity contribution in [3.63, 3.8) is 0 Å². The van der Waals surface area contributed by atoms with E-state index in [1.54, 1.807) is 0 Å². The van der Waals surface area contributed by atoms with Crippen LogP contribution in [0.4, 0.5) is 13.2 Å². The lowest BCUT2D eigenvalue weighted by Crippen LogP contribution is -2.35. The molecule has 0 fully saturated rings. The second-order valence-electron chi connectivity index (χ2n) is 3.43. The number of amides is 1. The minimum absolute atomic E-state index is 0.521. The molecule has 1 heterocycles. The number of pyridine rings is 1. The molecular formula is C10H11F3N2O3. The molecule has 1 amide bonds. The van der Waals surface area contributed by atoms with Crippen molar-refractivity contribution in [1.82, 2.24) is 9.63 Å². The summed E-state index contributed by atoms with van der Waals surface area (Å²) in [5, 5.41) is 0.826. The van der Waals surface area contributed by atoms with Gasteiger partial charge in [0.05, 0.1) is 7.11 Å². The summed E-state index contributed by atoms with van der Waals surface area (Å²) >= 11 is 0. The number of carbonyl (C=O) groups is 1. The van der Waals surface area contributed by atoms with E-state index in [9.17, 15) is 22.8 Å². The Labute approximate surface area is 100 Å². The number of hydrogen-bond acceptors (Lipinski definition) is 3. The molecule has 0 N–H and O–H groups in total. The Morgan fingerprint density at radius 2 is 2.11 bits per heavy atom. The largest absolute Gasteiger partial charge is 0.421 e. The van der Waals surface area contributed by atoms with E-state index in [4.69, 9.17) is 0 Å². The van der Waals surface area contributed by atoms with Gasteiger partial charge >= 0.3 is 6.18 Å². The van der Waals surface area contributed by atoms with Gasteiger partial charge in [0.25, 0.3) is 11.5 Å². The quantitative estimate of drug-likeness (QED) is 0.762. The highest BCUT2D eigenvalue weighted by molar-refractivity contribution is 5.74. The molecule has 100 valence electrons. The minimum atomic E-state index is -4.74. The first kappa shape index (κ1) is 14.2. The van der Waals surface area contributed by atoms with Crippen LogP contribution >= 0.6 is 0 Å². The van der Waals surface area contributed by atoms with Crippen molar-refractivity contribution in [2.24, 2.45) is 0 Å².